The van der Waals surface area contributed by atoms with E-state index in [0.717, 1.165) is 0 Å². The third-order valence-corrected chi connectivity index (χ3v) is 5.97. The summed E-state index contributed by atoms with van der Waals surface area (Å²) >= 11 is 0. The predicted octanol–water partition coefficient (Wildman–Crippen LogP) is 2.59. The average molecular weight is 473 g/mol. The number of ether oxygens (including phenoxy) is 2. The lowest BCUT2D eigenvalue weighted by atomic mass is 10.0. The second kappa shape index (κ2) is 10.7. The molecule has 3 rings (SSSR count). The number of likely N-dealkylation sites (N-methyl/N-ethyl adjacent to an activating group) is 1. The van der Waals surface area contributed by atoms with Gasteiger partial charge in [0.05, 0.1) is 17.7 Å². The standard InChI is InChI=1S/C24H32N4O6/c1-14-11-28(17(4)29)15(2)13-33-21-8-7-18(25-23(30)20-9-16(3)34-26-20)10-19(21)24(31)27(5)12-22(14)32-6/h7-10,14-15,22H,11-13H2,1-6H3,(H,25,30)/t14-,15-,22-/m1/s1. The number of rotatable bonds is 3. The van der Waals surface area contributed by atoms with Crippen molar-refractivity contribution in [2.45, 2.75) is 39.8 Å². The van der Waals surface area contributed by atoms with Gasteiger partial charge in [0.15, 0.2) is 5.69 Å². The number of carbonyl (C=O) groups is 3. The molecule has 0 bridgehead atoms. The summed E-state index contributed by atoms with van der Waals surface area (Å²) in [6.45, 7) is 8.15. The lowest BCUT2D eigenvalue weighted by molar-refractivity contribution is -0.133. The first-order chi connectivity index (χ1) is 16.1. The minimum absolute atomic E-state index is 0.0120. The fourth-order valence-corrected chi connectivity index (χ4v) is 3.96. The van der Waals surface area contributed by atoms with Crippen molar-refractivity contribution in [3.8, 4) is 5.75 Å². The Labute approximate surface area is 199 Å². The Bertz CT molecular complexity index is 1050. The number of benzene rings is 1. The van der Waals surface area contributed by atoms with Crippen LogP contribution in [0.25, 0.3) is 0 Å². The monoisotopic (exact) mass is 472 g/mol. The number of nitrogens with one attached hydrogen (secondary N) is 1. The largest absolute Gasteiger partial charge is 0.491 e. The van der Waals surface area contributed by atoms with Crippen LogP contribution in [0.15, 0.2) is 28.8 Å². The second-order valence-electron chi connectivity index (χ2n) is 8.76. The van der Waals surface area contributed by atoms with Crippen LogP contribution in [0.3, 0.4) is 0 Å². The molecule has 0 radical (unpaired) electrons. The van der Waals surface area contributed by atoms with E-state index < -0.39 is 5.91 Å². The molecule has 184 valence electrons. The molecule has 34 heavy (non-hydrogen) atoms. The fourth-order valence-electron chi connectivity index (χ4n) is 3.96. The molecule has 10 heteroatoms. The minimum atomic E-state index is -0.453. The van der Waals surface area contributed by atoms with Crippen LogP contribution in [-0.2, 0) is 9.53 Å². The highest BCUT2D eigenvalue weighted by molar-refractivity contribution is 6.04. The Morgan fingerprint density at radius 2 is 1.94 bits per heavy atom. The van der Waals surface area contributed by atoms with Crippen LogP contribution in [0.4, 0.5) is 5.69 Å². The van der Waals surface area contributed by atoms with Gasteiger partial charge in [-0.15, -0.1) is 0 Å². The lowest BCUT2D eigenvalue weighted by Gasteiger charge is -2.35. The molecule has 3 atom stereocenters. The smallest absolute Gasteiger partial charge is 0.277 e. The summed E-state index contributed by atoms with van der Waals surface area (Å²) in [7, 11) is 3.29. The molecular weight excluding hydrogens is 440 g/mol. The molecule has 0 unspecified atom stereocenters. The molecule has 0 saturated carbocycles. The molecule has 1 aromatic carbocycles. The summed E-state index contributed by atoms with van der Waals surface area (Å²) in [6, 6.07) is 6.17. The SMILES string of the molecule is CO[C@@H]1CN(C)C(=O)c2cc(NC(=O)c3cc(C)on3)ccc2OC[C@@H](C)N(C(C)=O)C[C@H]1C. The van der Waals surface area contributed by atoms with E-state index in [1.54, 1.807) is 49.1 Å². The molecular formula is C24H32N4O6. The van der Waals surface area contributed by atoms with Crippen LogP contribution in [0, 0.1) is 12.8 Å². The van der Waals surface area contributed by atoms with Gasteiger partial charge in [-0.1, -0.05) is 12.1 Å². The van der Waals surface area contributed by atoms with E-state index in [1.165, 1.54) is 13.0 Å². The maximum atomic E-state index is 13.4. The van der Waals surface area contributed by atoms with E-state index in [4.69, 9.17) is 14.0 Å². The number of methoxy groups -OCH3 is 1. The Morgan fingerprint density at radius 3 is 2.56 bits per heavy atom. The van der Waals surface area contributed by atoms with Gasteiger partial charge in [0.25, 0.3) is 11.8 Å². The molecule has 2 aromatic rings. The highest BCUT2D eigenvalue weighted by Gasteiger charge is 2.29. The number of carbonyl (C=O) groups excluding carboxylic acids is 3. The summed E-state index contributed by atoms with van der Waals surface area (Å²) in [5.74, 6) is 0.0937. The highest BCUT2D eigenvalue weighted by atomic mass is 16.5. The lowest BCUT2D eigenvalue weighted by Crippen LogP contribution is -2.48. The summed E-state index contributed by atoms with van der Waals surface area (Å²) < 4.78 is 16.6. The van der Waals surface area contributed by atoms with Crippen molar-refractivity contribution in [3.05, 3.63) is 41.3 Å². The number of aryl methyl sites for hydroxylation is 1. The van der Waals surface area contributed by atoms with E-state index in [9.17, 15) is 14.4 Å². The van der Waals surface area contributed by atoms with Crippen LogP contribution in [0.1, 0.15) is 47.4 Å². The Kier molecular flexibility index (Phi) is 7.93. The summed E-state index contributed by atoms with van der Waals surface area (Å²) in [5.41, 5.74) is 0.846. The van der Waals surface area contributed by atoms with Crippen LogP contribution in [0.2, 0.25) is 0 Å². The van der Waals surface area contributed by atoms with E-state index in [2.05, 4.69) is 10.5 Å². The number of amides is 3. The van der Waals surface area contributed by atoms with Crippen LogP contribution in [-0.4, -0.2) is 78.7 Å². The molecule has 0 aliphatic carbocycles. The second-order valence-corrected chi connectivity index (χ2v) is 8.76. The number of nitrogens with zero attached hydrogens (tertiary/aromatic N) is 3. The van der Waals surface area contributed by atoms with Gasteiger partial charge >= 0.3 is 0 Å². The Morgan fingerprint density at radius 1 is 1.21 bits per heavy atom. The molecule has 1 aliphatic rings. The summed E-state index contributed by atoms with van der Waals surface area (Å²) in [5, 5.41) is 6.45. The Hall–Kier alpha value is -3.40. The zero-order valence-corrected chi connectivity index (χ0v) is 20.5. The first-order valence-corrected chi connectivity index (χ1v) is 11.2. The van der Waals surface area contributed by atoms with Gasteiger partial charge in [-0.2, -0.15) is 0 Å². The number of hydrogen-bond donors (Lipinski definition) is 1. The van der Waals surface area contributed by atoms with Crippen molar-refractivity contribution in [2.75, 3.05) is 39.2 Å². The van der Waals surface area contributed by atoms with Gasteiger partial charge in [-0.3, -0.25) is 14.4 Å². The molecule has 1 N–H and O–H groups in total. The number of fused-ring (bicyclic) bond motifs is 1. The zero-order chi connectivity index (χ0) is 25.0. The van der Waals surface area contributed by atoms with E-state index in [0.29, 0.717) is 35.9 Å². The maximum absolute atomic E-state index is 13.4. The van der Waals surface area contributed by atoms with Gasteiger partial charge in [0.1, 0.15) is 18.1 Å². The highest BCUT2D eigenvalue weighted by Crippen LogP contribution is 2.27. The van der Waals surface area contributed by atoms with Crippen LogP contribution < -0.4 is 10.1 Å². The van der Waals surface area contributed by atoms with E-state index in [1.807, 2.05) is 13.8 Å². The Balaban J connectivity index is 1.94. The number of aromatic nitrogens is 1. The number of hydrogen-bond acceptors (Lipinski definition) is 7. The summed E-state index contributed by atoms with van der Waals surface area (Å²) in [6.07, 6.45) is -0.273. The van der Waals surface area contributed by atoms with Gasteiger partial charge in [0.2, 0.25) is 5.91 Å². The quantitative estimate of drug-likeness (QED) is 0.730. The van der Waals surface area contributed by atoms with Gasteiger partial charge < -0.3 is 29.1 Å². The van der Waals surface area contributed by atoms with Crippen molar-refractivity contribution in [1.29, 1.82) is 0 Å². The average Bonchev–Trinajstić information content (AvgIpc) is 3.24. The maximum Gasteiger partial charge on any atom is 0.277 e. The molecule has 0 fully saturated rings. The first-order valence-electron chi connectivity index (χ1n) is 11.2. The molecule has 3 amide bonds. The first kappa shape index (κ1) is 25.2. The molecule has 1 aliphatic heterocycles. The van der Waals surface area contributed by atoms with Crippen molar-refractivity contribution in [2.24, 2.45) is 5.92 Å². The minimum Gasteiger partial charge on any atom is -0.491 e. The fraction of sp³-hybridized carbons (Fsp3) is 0.500. The van der Waals surface area contributed by atoms with Crippen molar-refractivity contribution >= 4 is 23.4 Å². The zero-order valence-electron chi connectivity index (χ0n) is 20.5. The van der Waals surface area contributed by atoms with Gasteiger partial charge in [-0.25, -0.2) is 0 Å². The third-order valence-electron chi connectivity index (χ3n) is 5.97. The molecule has 10 nitrogen and oxygen atoms in total. The van der Waals surface area contributed by atoms with Crippen LogP contribution in [0.5, 0.6) is 5.75 Å². The number of anilines is 1. The van der Waals surface area contributed by atoms with Gasteiger partial charge in [0, 0.05) is 51.8 Å². The predicted molar refractivity (Wildman–Crippen MR) is 125 cm³/mol. The van der Waals surface area contributed by atoms with Gasteiger partial charge in [-0.05, 0) is 32.0 Å². The van der Waals surface area contributed by atoms with Crippen molar-refractivity contribution in [1.82, 2.24) is 15.0 Å². The van der Waals surface area contributed by atoms with Crippen molar-refractivity contribution in [3.63, 3.8) is 0 Å². The molecule has 0 saturated heterocycles. The molecule has 1 aromatic heterocycles. The molecule has 2 heterocycles. The third kappa shape index (κ3) is 5.74. The van der Waals surface area contributed by atoms with E-state index in [-0.39, 0.29) is 42.2 Å². The van der Waals surface area contributed by atoms with Crippen molar-refractivity contribution < 1.29 is 28.4 Å². The van der Waals surface area contributed by atoms with Crippen LogP contribution >= 0.6 is 0 Å². The molecule has 0 spiro atoms. The topological polar surface area (TPSA) is 114 Å². The van der Waals surface area contributed by atoms with E-state index >= 15 is 0 Å². The summed E-state index contributed by atoms with van der Waals surface area (Å²) in [4.78, 5) is 41.5. The normalized spacial score (nSPS) is 21.7.